The average Bonchev–Trinajstić information content (AvgIpc) is 2.79. The van der Waals surface area contributed by atoms with Crippen molar-refractivity contribution in [3.8, 4) is 0 Å². The molecule has 174 valence electrons. The number of amides is 2. The highest BCUT2D eigenvalue weighted by atomic mass is 32.2. The Morgan fingerprint density at radius 2 is 1.69 bits per heavy atom. The van der Waals surface area contributed by atoms with Gasteiger partial charge >= 0.3 is 12.0 Å². The summed E-state index contributed by atoms with van der Waals surface area (Å²) in [5, 5.41) is 3.07. The zero-order valence-corrected chi connectivity index (χ0v) is 20.4. The zero-order chi connectivity index (χ0) is 23.2. The van der Waals surface area contributed by atoms with Crippen LogP contribution >= 0.6 is 11.8 Å². The predicted molar refractivity (Wildman–Crippen MR) is 133 cm³/mol. The number of carbonyl (C=O) groups is 2. The maximum atomic E-state index is 12.8. The van der Waals surface area contributed by atoms with Crippen LogP contribution in [0.15, 0.2) is 58.3 Å². The number of nitrogens with one attached hydrogen (secondary N) is 1. The van der Waals surface area contributed by atoms with Crippen molar-refractivity contribution in [3.05, 3.63) is 54.1 Å². The molecule has 0 aliphatic carbocycles. The molecule has 0 unspecified atom stereocenters. The summed E-state index contributed by atoms with van der Waals surface area (Å²) in [4.78, 5) is 28.5. The molecule has 0 heterocycles. The first-order valence-corrected chi connectivity index (χ1v) is 12.5. The normalized spacial score (nSPS) is 10.6. The molecule has 6 heteroatoms. The highest BCUT2D eigenvalue weighted by Crippen LogP contribution is 2.31. The van der Waals surface area contributed by atoms with E-state index in [9.17, 15) is 9.59 Å². The highest BCUT2D eigenvalue weighted by molar-refractivity contribution is 7.99. The summed E-state index contributed by atoms with van der Waals surface area (Å²) in [6, 6.07) is 16.0. The van der Waals surface area contributed by atoms with Gasteiger partial charge in [-0.05, 0) is 55.7 Å². The average molecular weight is 457 g/mol. The molecule has 0 saturated heterocycles. The lowest BCUT2D eigenvalue weighted by Crippen LogP contribution is -2.41. The second-order valence-electron chi connectivity index (χ2n) is 7.67. The molecule has 5 nitrogen and oxygen atoms in total. The number of carbonyl (C=O) groups excluding carboxylic acids is 2. The number of urea groups is 1. The second kappa shape index (κ2) is 14.6. The van der Waals surface area contributed by atoms with Gasteiger partial charge in [-0.25, -0.2) is 4.79 Å². The molecular weight excluding hydrogens is 420 g/mol. The van der Waals surface area contributed by atoms with Crippen LogP contribution in [0.5, 0.6) is 0 Å². The van der Waals surface area contributed by atoms with Crippen LogP contribution in [0, 0.1) is 0 Å². The Bertz CT molecular complexity index is 839. The van der Waals surface area contributed by atoms with Gasteiger partial charge in [-0.1, -0.05) is 63.1 Å². The number of benzene rings is 2. The Morgan fingerprint density at radius 3 is 2.38 bits per heavy atom. The van der Waals surface area contributed by atoms with E-state index in [1.807, 2.05) is 48.2 Å². The van der Waals surface area contributed by atoms with E-state index in [2.05, 4.69) is 31.3 Å². The Balaban J connectivity index is 2.05. The monoisotopic (exact) mass is 456 g/mol. The van der Waals surface area contributed by atoms with Crippen LogP contribution in [-0.4, -0.2) is 31.7 Å². The first-order valence-electron chi connectivity index (χ1n) is 11.6. The molecule has 0 saturated carbocycles. The molecule has 1 N–H and O–H groups in total. The number of ether oxygens (including phenoxy) is 1. The fourth-order valence-corrected chi connectivity index (χ4v) is 4.11. The maximum Gasteiger partial charge on any atom is 0.321 e. The van der Waals surface area contributed by atoms with Crippen molar-refractivity contribution in [1.29, 1.82) is 0 Å². The molecule has 32 heavy (non-hydrogen) atoms. The zero-order valence-electron chi connectivity index (χ0n) is 19.6. The van der Waals surface area contributed by atoms with Crippen molar-refractivity contribution in [2.45, 2.75) is 69.1 Å². The van der Waals surface area contributed by atoms with Gasteiger partial charge in [0.1, 0.15) is 0 Å². The summed E-state index contributed by atoms with van der Waals surface area (Å²) in [6.45, 7) is 7.91. The standard InChI is InChI=1S/C26H36N2O3S/c1-4-7-9-17-27-26(30)28(18-8-5-2)22-11-10-12-24(20-22)32-23-15-13-21(14-16-23)19-25(29)31-6-3/h10-16,20H,4-9,17-19H2,1-3H3,(H,27,30). The van der Waals surface area contributed by atoms with Gasteiger partial charge in [-0.2, -0.15) is 0 Å². The molecule has 2 amide bonds. The lowest BCUT2D eigenvalue weighted by Gasteiger charge is -2.23. The number of anilines is 1. The molecule has 0 bridgehead atoms. The predicted octanol–water partition coefficient (Wildman–Crippen LogP) is 6.45. The number of hydrogen-bond acceptors (Lipinski definition) is 4. The number of esters is 1. The van der Waals surface area contributed by atoms with Gasteiger partial charge in [0, 0.05) is 28.6 Å². The minimum Gasteiger partial charge on any atom is -0.466 e. The van der Waals surface area contributed by atoms with E-state index < -0.39 is 0 Å². The number of hydrogen-bond donors (Lipinski definition) is 1. The van der Waals surface area contributed by atoms with Crippen LogP contribution in [0.2, 0.25) is 0 Å². The Hall–Kier alpha value is -2.47. The second-order valence-corrected chi connectivity index (χ2v) is 8.82. The van der Waals surface area contributed by atoms with Gasteiger partial charge in [-0.15, -0.1) is 0 Å². The molecule has 0 radical (unpaired) electrons. The van der Waals surface area contributed by atoms with Crippen molar-refractivity contribution in [2.75, 3.05) is 24.6 Å². The van der Waals surface area contributed by atoms with E-state index in [0.29, 0.717) is 19.7 Å². The largest absolute Gasteiger partial charge is 0.466 e. The van der Waals surface area contributed by atoms with Crippen LogP contribution in [0.25, 0.3) is 0 Å². The van der Waals surface area contributed by atoms with Crippen LogP contribution in [-0.2, 0) is 16.0 Å². The van der Waals surface area contributed by atoms with Gasteiger partial charge in [0.2, 0.25) is 0 Å². The van der Waals surface area contributed by atoms with Gasteiger partial charge in [0.05, 0.1) is 13.0 Å². The van der Waals surface area contributed by atoms with Gasteiger partial charge in [0.15, 0.2) is 0 Å². The van der Waals surface area contributed by atoms with Crippen molar-refractivity contribution in [2.24, 2.45) is 0 Å². The van der Waals surface area contributed by atoms with E-state index in [1.54, 1.807) is 11.8 Å². The lowest BCUT2D eigenvalue weighted by molar-refractivity contribution is -0.142. The molecule has 0 atom stereocenters. The number of nitrogens with zero attached hydrogens (tertiary/aromatic N) is 1. The minimum absolute atomic E-state index is 0.0278. The molecule has 0 aromatic heterocycles. The number of unbranched alkanes of at least 4 members (excludes halogenated alkanes) is 3. The quantitative estimate of drug-likeness (QED) is 0.278. The molecular formula is C26H36N2O3S. The molecule has 2 aromatic rings. The number of rotatable bonds is 13. The molecule has 0 aliphatic heterocycles. The summed E-state index contributed by atoms with van der Waals surface area (Å²) in [5.74, 6) is -0.208. The first kappa shape index (κ1) is 25.8. The van der Waals surface area contributed by atoms with E-state index >= 15 is 0 Å². The van der Waals surface area contributed by atoms with Crippen LogP contribution in [0.4, 0.5) is 10.5 Å². The summed E-state index contributed by atoms with van der Waals surface area (Å²) < 4.78 is 5.01. The molecule has 2 rings (SSSR count). The van der Waals surface area contributed by atoms with Crippen LogP contribution in [0.1, 0.15) is 58.4 Å². The van der Waals surface area contributed by atoms with E-state index in [-0.39, 0.29) is 18.4 Å². The summed E-state index contributed by atoms with van der Waals surface area (Å²) in [5.41, 5.74) is 1.85. The van der Waals surface area contributed by atoms with Crippen LogP contribution < -0.4 is 10.2 Å². The fraction of sp³-hybridized carbons (Fsp3) is 0.462. The smallest absolute Gasteiger partial charge is 0.321 e. The Labute approximate surface area is 196 Å². The van der Waals surface area contributed by atoms with Crippen molar-refractivity contribution in [3.63, 3.8) is 0 Å². The molecule has 2 aromatic carbocycles. The Morgan fingerprint density at radius 1 is 0.938 bits per heavy atom. The van der Waals surface area contributed by atoms with Gasteiger partial charge < -0.3 is 10.1 Å². The summed E-state index contributed by atoms with van der Waals surface area (Å²) in [6.07, 6.45) is 5.55. The topological polar surface area (TPSA) is 58.6 Å². The summed E-state index contributed by atoms with van der Waals surface area (Å²) >= 11 is 1.64. The van der Waals surface area contributed by atoms with E-state index in [1.165, 1.54) is 0 Å². The SMILES string of the molecule is CCCCCNC(=O)N(CCCC)c1cccc(Sc2ccc(CC(=O)OCC)cc2)c1. The third-order valence-corrected chi connectivity index (χ3v) is 5.98. The highest BCUT2D eigenvalue weighted by Gasteiger charge is 2.15. The van der Waals surface area contributed by atoms with Crippen molar-refractivity contribution >= 4 is 29.4 Å². The fourth-order valence-electron chi connectivity index (χ4n) is 3.23. The van der Waals surface area contributed by atoms with Gasteiger partial charge in [0.25, 0.3) is 0 Å². The molecule has 0 aliphatic rings. The van der Waals surface area contributed by atoms with Crippen molar-refractivity contribution in [1.82, 2.24) is 5.32 Å². The summed E-state index contributed by atoms with van der Waals surface area (Å²) in [7, 11) is 0. The first-order chi connectivity index (χ1) is 15.6. The van der Waals surface area contributed by atoms with E-state index in [4.69, 9.17) is 4.74 Å². The minimum atomic E-state index is -0.208. The lowest BCUT2D eigenvalue weighted by atomic mass is 10.1. The Kier molecular flexibility index (Phi) is 11.7. The van der Waals surface area contributed by atoms with Crippen LogP contribution in [0.3, 0.4) is 0 Å². The molecule has 0 fully saturated rings. The maximum absolute atomic E-state index is 12.8. The third-order valence-electron chi connectivity index (χ3n) is 4.98. The van der Waals surface area contributed by atoms with Crippen molar-refractivity contribution < 1.29 is 14.3 Å². The third kappa shape index (κ3) is 8.95. The van der Waals surface area contributed by atoms with E-state index in [0.717, 1.165) is 53.1 Å². The molecule has 0 spiro atoms. The van der Waals surface area contributed by atoms with Gasteiger partial charge in [-0.3, -0.25) is 9.69 Å².